The van der Waals surface area contributed by atoms with Crippen LogP contribution in [0.4, 0.5) is 5.69 Å². The van der Waals surface area contributed by atoms with E-state index in [9.17, 15) is 4.79 Å². The van der Waals surface area contributed by atoms with Crippen molar-refractivity contribution in [2.45, 2.75) is 20.4 Å². The van der Waals surface area contributed by atoms with Gasteiger partial charge in [0.1, 0.15) is 0 Å². The molecule has 0 radical (unpaired) electrons. The second-order valence-electron chi connectivity index (χ2n) is 4.13. The van der Waals surface area contributed by atoms with Gasteiger partial charge in [0.15, 0.2) is 0 Å². The Bertz CT molecular complexity index is 577. The second kappa shape index (κ2) is 5.18. The topological polar surface area (TPSA) is 68.0 Å². The lowest BCUT2D eigenvalue weighted by atomic mass is 10.1. The van der Waals surface area contributed by atoms with E-state index >= 15 is 0 Å². The first-order valence-corrected chi connectivity index (χ1v) is 6.49. The minimum Gasteiger partial charge on any atom is -0.398 e. The lowest BCUT2D eigenvalue weighted by Crippen LogP contribution is -2.23. The van der Waals surface area contributed by atoms with Crippen LogP contribution in [-0.4, -0.2) is 10.9 Å². The largest absolute Gasteiger partial charge is 0.398 e. The van der Waals surface area contributed by atoms with Crippen molar-refractivity contribution in [3.05, 3.63) is 45.4 Å². The fourth-order valence-electron chi connectivity index (χ4n) is 1.62. The summed E-state index contributed by atoms with van der Waals surface area (Å²) in [5.74, 6) is -0.149. The number of amides is 1. The van der Waals surface area contributed by atoms with Gasteiger partial charge >= 0.3 is 0 Å². The Morgan fingerprint density at radius 2 is 2.22 bits per heavy atom. The number of nitrogen functional groups attached to an aromatic ring is 1. The quantitative estimate of drug-likeness (QED) is 0.833. The Kier molecular flexibility index (Phi) is 3.62. The van der Waals surface area contributed by atoms with Gasteiger partial charge in [-0.3, -0.25) is 4.79 Å². The summed E-state index contributed by atoms with van der Waals surface area (Å²) in [7, 11) is 0. The molecule has 94 valence electrons. The fraction of sp³-hybridized carbons (Fsp3) is 0.231. The van der Waals surface area contributed by atoms with Crippen LogP contribution in [0.5, 0.6) is 0 Å². The van der Waals surface area contributed by atoms with E-state index in [0.29, 0.717) is 17.8 Å². The lowest BCUT2D eigenvalue weighted by molar-refractivity contribution is 0.0952. The number of nitrogens with one attached hydrogen (secondary N) is 1. The molecule has 0 aliphatic carbocycles. The molecule has 4 nitrogen and oxygen atoms in total. The predicted octanol–water partition coefficient (Wildman–Crippen LogP) is 2.27. The zero-order valence-corrected chi connectivity index (χ0v) is 11.2. The second-order valence-corrected chi connectivity index (χ2v) is 5.07. The van der Waals surface area contributed by atoms with E-state index < -0.39 is 0 Å². The SMILES string of the molecule is Cc1ccc(N)c(C(=O)NCc2scnc2C)c1. The highest BCUT2D eigenvalue weighted by atomic mass is 32.1. The first-order chi connectivity index (χ1) is 8.58. The molecule has 3 N–H and O–H groups in total. The number of hydrogen-bond donors (Lipinski definition) is 2. The first kappa shape index (κ1) is 12.6. The maximum Gasteiger partial charge on any atom is 0.253 e. The molecule has 5 heteroatoms. The van der Waals surface area contributed by atoms with Crippen LogP contribution in [0.15, 0.2) is 23.7 Å². The van der Waals surface area contributed by atoms with E-state index in [2.05, 4.69) is 10.3 Å². The standard InChI is InChI=1S/C13H15N3OS/c1-8-3-4-11(14)10(5-8)13(17)15-6-12-9(2)16-7-18-12/h3-5,7H,6,14H2,1-2H3,(H,15,17). The highest BCUT2D eigenvalue weighted by Crippen LogP contribution is 2.15. The molecule has 1 heterocycles. The number of nitrogens with zero attached hydrogens (tertiary/aromatic N) is 1. The highest BCUT2D eigenvalue weighted by Gasteiger charge is 2.10. The molecule has 0 atom stereocenters. The van der Waals surface area contributed by atoms with E-state index in [1.54, 1.807) is 17.6 Å². The van der Waals surface area contributed by atoms with Crippen LogP contribution in [0.2, 0.25) is 0 Å². The number of anilines is 1. The molecule has 0 fully saturated rings. The average molecular weight is 261 g/mol. The van der Waals surface area contributed by atoms with Gasteiger partial charge in [-0.15, -0.1) is 11.3 Å². The minimum absolute atomic E-state index is 0.149. The van der Waals surface area contributed by atoms with Gasteiger partial charge in [0.05, 0.1) is 23.3 Å². The first-order valence-electron chi connectivity index (χ1n) is 5.61. The minimum atomic E-state index is -0.149. The molecule has 2 aromatic rings. The number of carbonyl (C=O) groups is 1. The van der Waals surface area contributed by atoms with Gasteiger partial charge in [-0.1, -0.05) is 11.6 Å². The normalized spacial score (nSPS) is 10.3. The fourth-order valence-corrected chi connectivity index (χ4v) is 2.34. The third-order valence-electron chi connectivity index (χ3n) is 2.71. The van der Waals surface area contributed by atoms with Gasteiger partial charge in [-0.2, -0.15) is 0 Å². The van der Waals surface area contributed by atoms with Crippen LogP contribution in [0.3, 0.4) is 0 Å². The van der Waals surface area contributed by atoms with Crippen molar-refractivity contribution in [2.24, 2.45) is 0 Å². The van der Waals surface area contributed by atoms with E-state index in [1.165, 1.54) is 11.3 Å². The van der Waals surface area contributed by atoms with Crippen LogP contribution < -0.4 is 11.1 Å². The van der Waals surface area contributed by atoms with Gasteiger partial charge in [0.25, 0.3) is 5.91 Å². The van der Waals surface area contributed by atoms with Crippen LogP contribution in [-0.2, 0) is 6.54 Å². The summed E-state index contributed by atoms with van der Waals surface area (Å²) in [6.45, 7) is 4.35. The van der Waals surface area contributed by atoms with E-state index in [4.69, 9.17) is 5.73 Å². The Hall–Kier alpha value is -1.88. The van der Waals surface area contributed by atoms with Crippen LogP contribution in [0.25, 0.3) is 0 Å². The summed E-state index contributed by atoms with van der Waals surface area (Å²) in [5.41, 5.74) is 10.6. The molecule has 1 amide bonds. The maximum absolute atomic E-state index is 12.0. The Morgan fingerprint density at radius 1 is 1.44 bits per heavy atom. The number of aryl methyl sites for hydroxylation is 2. The smallest absolute Gasteiger partial charge is 0.253 e. The number of thiazole rings is 1. The van der Waals surface area contributed by atoms with Crippen molar-refractivity contribution in [1.82, 2.24) is 10.3 Å². The average Bonchev–Trinajstić information content (AvgIpc) is 2.75. The molecule has 1 aromatic carbocycles. The third-order valence-corrected chi connectivity index (χ3v) is 3.64. The summed E-state index contributed by atoms with van der Waals surface area (Å²) in [6.07, 6.45) is 0. The molecule has 0 saturated carbocycles. The molecule has 1 aromatic heterocycles. The van der Waals surface area contributed by atoms with Crippen molar-refractivity contribution >= 4 is 22.9 Å². The maximum atomic E-state index is 12.0. The Morgan fingerprint density at radius 3 is 2.89 bits per heavy atom. The number of aromatic nitrogens is 1. The van der Waals surface area contributed by atoms with Crippen molar-refractivity contribution in [3.63, 3.8) is 0 Å². The van der Waals surface area contributed by atoms with E-state index in [-0.39, 0.29) is 5.91 Å². The molecular weight excluding hydrogens is 246 g/mol. The van der Waals surface area contributed by atoms with E-state index in [1.807, 2.05) is 19.9 Å². The summed E-state index contributed by atoms with van der Waals surface area (Å²) in [6, 6.07) is 5.44. The van der Waals surface area contributed by atoms with Gasteiger partial charge in [-0.05, 0) is 26.0 Å². The Labute approximate surface area is 110 Å². The molecule has 0 saturated heterocycles. The van der Waals surface area contributed by atoms with E-state index in [0.717, 1.165) is 16.1 Å². The molecule has 0 bridgehead atoms. The van der Waals surface area contributed by atoms with Crippen LogP contribution >= 0.6 is 11.3 Å². The predicted molar refractivity (Wildman–Crippen MR) is 73.6 cm³/mol. The molecule has 0 aliphatic rings. The number of benzene rings is 1. The number of nitrogens with two attached hydrogens (primary N) is 1. The number of hydrogen-bond acceptors (Lipinski definition) is 4. The monoisotopic (exact) mass is 261 g/mol. The summed E-state index contributed by atoms with van der Waals surface area (Å²) in [5, 5.41) is 2.86. The van der Waals surface area contributed by atoms with Gasteiger partial charge < -0.3 is 11.1 Å². The summed E-state index contributed by atoms with van der Waals surface area (Å²) in [4.78, 5) is 17.2. The lowest BCUT2D eigenvalue weighted by Gasteiger charge is -2.07. The molecular formula is C13H15N3OS. The van der Waals surface area contributed by atoms with Crippen LogP contribution in [0.1, 0.15) is 26.5 Å². The summed E-state index contributed by atoms with van der Waals surface area (Å²) < 4.78 is 0. The molecule has 18 heavy (non-hydrogen) atoms. The molecule has 2 rings (SSSR count). The Balaban J connectivity index is 2.08. The van der Waals surface area contributed by atoms with Gasteiger partial charge in [-0.25, -0.2) is 4.98 Å². The van der Waals surface area contributed by atoms with Crippen molar-refractivity contribution in [1.29, 1.82) is 0 Å². The summed E-state index contributed by atoms with van der Waals surface area (Å²) >= 11 is 1.54. The number of rotatable bonds is 3. The number of carbonyl (C=O) groups excluding carboxylic acids is 1. The van der Waals surface area contributed by atoms with Crippen molar-refractivity contribution < 1.29 is 4.79 Å². The zero-order valence-electron chi connectivity index (χ0n) is 10.4. The highest BCUT2D eigenvalue weighted by molar-refractivity contribution is 7.09. The van der Waals surface area contributed by atoms with Crippen molar-refractivity contribution in [3.8, 4) is 0 Å². The van der Waals surface area contributed by atoms with Gasteiger partial charge in [0, 0.05) is 10.6 Å². The van der Waals surface area contributed by atoms with Crippen molar-refractivity contribution in [2.75, 3.05) is 5.73 Å². The van der Waals surface area contributed by atoms with Crippen LogP contribution in [0, 0.1) is 13.8 Å². The third kappa shape index (κ3) is 2.68. The zero-order chi connectivity index (χ0) is 13.1. The molecule has 0 aliphatic heterocycles. The molecule has 0 unspecified atom stereocenters. The van der Waals surface area contributed by atoms with Gasteiger partial charge in [0.2, 0.25) is 0 Å². The molecule has 0 spiro atoms.